The van der Waals surface area contributed by atoms with Crippen molar-refractivity contribution in [2.45, 2.75) is 38.1 Å². The van der Waals surface area contributed by atoms with Crippen molar-refractivity contribution < 1.29 is 9.59 Å². The van der Waals surface area contributed by atoms with Crippen LogP contribution < -0.4 is 10.6 Å². The molecule has 2 atom stereocenters. The summed E-state index contributed by atoms with van der Waals surface area (Å²) in [5, 5.41) is 7.18. The van der Waals surface area contributed by atoms with Gasteiger partial charge in [0.2, 0.25) is 5.91 Å². The van der Waals surface area contributed by atoms with Crippen molar-refractivity contribution in [2.75, 3.05) is 19.6 Å². The summed E-state index contributed by atoms with van der Waals surface area (Å²) >= 11 is 1.72. The quantitative estimate of drug-likeness (QED) is 0.810. The van der Waals surface area contributed by atoms with Crippen LogP contribution in [0.4, 0.5) is 4.79 Å². The SMILES string of the molecule is O=C1NC2CCCC1CN(C(=O)NCCCc1nc3ccccc3s1)C2. The number of hydrogen-bond acceptors (Lipinski definition) is 4. The average Bonchev–Trinajstić information content (AvgIpc) is 2.86. The van der Waals surface area contributed by atoms with E-state index in [1.165, 1.54) is 4.70 Å². The third-order valence-electron chi connectivity index (χ3n) is 5.17. The van der Waals surface area contributed by atoms with Crippen LogP contribution in [0.3, 0.4) is 0 Å². The Kier molecular flexibility index (Phi) is 5.06. The maximum atomic E-state index is 12.5. The first-order valence-corrected chi connectivity index (χ1v) is 10.2. The molecule has 0 spiro atoms. The van der Waals surface area contributed by atoms with Gasteiger partial charge in [0, 0.05) is 32.1 Å². The number of nitrogens with zero attached hydrogens (tertiary/aromatic N) is 2. The van der Waals surface area contributed by atoms with Gasteiger partial charge in [-0.3, -0.25) is 4.79 Å². The Balaban J connectivity index is 1.26. The number of aromatic nitrogens is 1. The Morgan fingerprint density at radius 2 is 2.19 bits per heavy atom. The van der Waals surface area contributed by atoms with Gasteiger partial charge in [-0.25, -0.2) is 9.78 Å². The maximum Gasteiger partial charge on any atom is 0.317 e. The van der Waals surface area contributed by atoms with Crippen molar-refractivity contribution in [3.8, 4) is 0 Å². The van der Waals surface area contributed by atoms with E-state index in [9.17, 15) is 9.59 Å². The molecule has 2 aromatic rings. The van der Waals surface area contributed by atoms with Gasteiger partial charge in [-0.1, -0.05) is 18.6 Å². The minimum absolute atomic E-state index is 0.0531. The molecule has 26 heavy (non-hydrogen) atoms. The van der Waals surface area contributed by atoms with Gasteiger partial charge in [0.15, 0.2) is 0 Å². The Morgan fingerprint density at radius 1 is 1.31 bits per heavy atom. The number of urea groups is 1. The number of amides is 3. The molecule has 3 heterocycles. The molecule has 3 amide bonds. The smallest absolute Gasteiger partial charge is 0.317 e. The van der Waals surface area contributed by atoms with E-state index in [2.05, 4.69) is 21.7 Å². The second kappa shape index (κ2) is 7.61. The van der Waals surface area contributed by atoms with E-state index in [0.717, 1.165) is 42.6 Å². The molecule has 0 aliphatic carbocycles. The lowest BCUT2D eigenvalue weighted by Gasteiger charge is -2.27. The zero-order chi connectivity index (χ0) is 17.9. The van der Waals surface area contributed by atoms with Crippen molar-refractivity contribution in [2.24, 2.45) is 5.92 Å². The summed E-state index contributed by atoms with van der Waals surface area (Å²) in [5.41, 5.74) is 1.05. The molecule has 2 saturated heterocycles. The molecule has 2 aliphatic rings. The van der Waals surface area contributed by atoms with Gasteiger partial charge in [-0.2, -0.15) is 0 Å². The summed E-state index contributed by atoms with van der Waals surface area (Å²) in [6.07, 6.45) is 4.63. The molecular formula is C19H24N4O2S. The summed E-state index contributed by atoms with van der Waals surface area (Å²) in [6, 6.07) is 8.20. The largest absolute Gasteiger partial charge is 0.351 e. The molecule has 2 unspecified atom stereocenters. The molecule has 0 saturated carbocycles. The number of fused-ring (bicyclic) bond motifs is 4. The Bertz CT molecular complexity index is 773. The van der Waals surface area contributed by atoms with Gasteiger partial charge in [-0.05, 0) is 31.4 Å². The molecule has 2 fully saturated rings. The van der Waals surface area contributed by atoms with Crippen LogP contribution in [0.5, 0.6) is 0 Å². The Hall–Kier alpha value is -2.15. The molecule has 4 rings (SSSR count). The lowest BCUT2D eigenvalue weighted by Crippen LogP contribution is -2.46. The average molecular weight is 372 g/mol. The first kappa shape index (κ1) is 17.3. The highest BCUT2D eigenvalue weighted by Crippen LogP contribution is 2.23. The number of para-hydroxylation sites is 1. The molecule has 0 radical (unpaired) electrons. The third-order valence-corrected chi connectivity index (χ3v) is 6.27. The standard InChI is InChI=1S/C19H24N4O2S/c24-18-13-5-3-6-14(21-18)12-23(11-13)19(25)20-10-4-9-17-22-15-7-1-2-8-16(15)26-17/h1-2,7-8,13-14H,3-6,9-12H2,(H,20,25)(H,21,24). The molecule has 2 aliphatic heterocycles. The summed E-state index contributed by atoms with van der Waals surface area (Å²) in [5.74, 6) is 0.0506. The monoisotopic (exact) mass is 372 g/mol. The topological polar surface area (TPSA) is 74.3 Å². The first-order chi connectivity index (χ1) is 12.7. The first-order valence-electron chi connectivity index (χ1n) is 9.36. The van der Waals surface area contributed by atoms with E-state index in [-0.39, 0.29) is 23.9 Å². The number of carbonyl (C=O) groups is 2. The van der Waals surface area contributed by atoms with Crippen LogP contribution >= 0.6 is 11.3 Å². The lowest BCUT2D eigenvalue weighted by atomic mass is 9.99. The number of likely N-dealkylation sites (tertiary alicyclic amines) is 1. The van der Waals surface area contributed by atoms with Crippen LogP contribution in [0.1, 0.15) is 30.7 Å². The molecular weight excluding hydrogens is 348 g/mol. The van der Waals surface area contributed by atoms with Crippen molar-refractivity contribution in [3.05, 3.63) is 29.3 Å². The van der Waals surface area contributed by atoms with Crippen molar-refractivity contribution in [1.29, 1.82) is 0 Å². The van der Waals surface area contributed by atoms with Crippen LogP contribution in [0.15, 0.2) is 24.3 Å². The minimum atomic E-state index is -0.0593. The molecule has 7 heteroatoms. The van der Waals surface area contributed by atoms with Crippen LogP contribution in [0, 0.1) is 5.92 Å². The Labute approximate surface area is 157 Å². The van der Waals surface area contributed by atoms with Crippen molar-refractivity contribution >= 4 is 33.5 Å². The highest BCUT2D eigenvalue weighted by atomic mass is 32.1. The highest BCUT2D eigenvalue weighted by Gasteiger charge is 2.34. The van der Waals surface area contributed by atoms with Gasteiger partial charge in [0.05, 0.1) is 21.1 Å². The molecule has 1 aromatic heterocycles. The number of carbonyl (C=O) groups excluding carboxylic acids is 2. The predicted molar refractivity (Wildman–Crippen MR) is 102 cm³/mol. The number of rotatable bonds is 4. The fourth-order valence-corrected chi connectivity index (χ4v) is 4.80. The third kappa shape index (κ3) is 3.82. The van der Waals surface area contributed by atoms with E-state index in [0.29, 0.717) is 19.6 Å². The zero-order valence-corrected chi connectivity index (χ0v) is 15.6. The summed E-state index contributed by atoms with van der Waals surface area (Å²) < 4.78 is 1.21. The summed E-state index contributed by atoms with van der Waals surface area (Å²) in [6.45, 7) is 1.78. The molecule has 2 bridgehead atoms. The van der Waals surface area contributed by atoms with Gasteiger partial charge in [0.25, 0.3) is 0 Å². The molecule has 1 aromatic carbocycles. The number of hydrogen-bond donors (Lipinski definition) is 2. The van der Waals surface area contributed by atoms with Crippen LogP contribution in [-0.2, 0) is 11.2 Å². The van der Waals surface area contributed by atoms with Crippen LogP contribution in [0.2, 0.25) is 0 Å². The molecule has 6 nitrogen and oxygen atoms in total. The normalized spacial score (nSPS) is 22.8. The van der Waals surface area contributed by atoms with Crippen LogP contribution in [-0.4, -0.2) is 47.5 Å². The summed E-state index contributed by atoms with van der Waals surface area (Å²) in [4.78, 5) is 31.0. The number of benzene rings is 1. The number of aryl methyl sites for hydroxylation is 1. The fraction of sp³-hybridized carbons (Fsp3) is 0.526. The highest BCUT2D eigenvalue weighted by molar-refractivity contribution is 7.18. The predicted octanol–water partition coefficient (Wildman–Crippen LogP) is 2.54. The zero-order valence-electron chi connectivity index (χ0n) is 14.7. The fourth-order valence-electron chi connectivity index (χ4n) is 3.79. The second-order valence-corrected chi connectivity index (χ2v) is 8.26. The number of nitrogens with one attached hydrogen (secondary N) is 2. The van der Waals surface area contributed by atoms with Gasteiger partial charge in [-0.15, -0.1) is 11.3 Å². The minimum Gasteiger partial charge on any atom is -0.351 e. The Morgan fingerprint density at radius 3 is 3.08 bits per heavy atom. The van der Waals surface area contributed by atoms with Crippen molar-refractivity contribution in [1.82, 2.24) is 20.5 Å². The number of thiazole rings is 1. The molecule has 138 valence electrons. The van der Waals surface area contributed by atoms with Crippen molar-refractivity contribution in [3.63, 3.8) is 0 Å². The van der Waals surface area contributed by atoms with Gasteiger partial charge < -0.3 is 15.5 Å². The second-order valence-electron chi connectivity index (χ2n) is 7.15. The van der Waals surface area contributed by atoms with Crippen LogP contribution in [0.25, 0.3) is 10.2 Å². The van der Waals surface area contributed by atoms with E-state index < -0.39 is 0 Å². The van der Waals surface area contributed by atoms with E-state index in [1.54, 1.807) is 11.3 Å². The van der Waals surface area contributed by atoms with E-state index in [4.69, 9.17) is 0 Å². The molecule has 2 N–H and O–H groups in total. The lowest BCUT2D eigenvalue weighted by molar-refractivity contribution is -0.124. The van der Waals surface area contributed by atoms with E-state index in [1.807, 2.05) is 23.1 Å². The van der Waals surface area contributed by atoms with E-state index >= 15 is 0 Å². The van der Waals surface area contributed by atoms with Gasteiger partial charge >= 0.3 is 6.03 Å². The summed E-state index contributed by atoms with van der Waals surface area (Å²) in [7, 11) is 0. The maximum absolute atomic E-state index is 12.5. The van der Waals surface area contributed by atoms with Gasteiger partial charge in [0.1, 0.15) is 0 Å².